The zero-order valence-corrected chi connectivity index (χ0v) is 19.1. The minimum atomic E-state index is -4.19. The number of pyridine rings is 1. The fourth-order valence-corrected chi connectivity index (χ4v) is 4.91. The van der Waals surface area contributed by atoms with Crippen LogP contribution in [0.15, 0.2) is 30.6 Å². The maximum Gasteiger partial charge on any atom is 0.391 e. The summed E-state index contributed by atoms with van der Waals surface area (Å²) in [5.74, 6) is -1.61. The number of alkyl halides is 3. The largest absolute Gasteiger partial charge is 0.489 e. The van der Waals surface area contributed by atoms with Crippen molar-refractivity contribution in [1.82, 2.24) is 19.7 Å². The molecule has 0 bridgehead atoms. The quantitative estimate of drug-likeness (QED) is 0.563. The van der Waals surface area contributed by atoms with Crippen LogP contribution in [-0.4, -0.2) is 56.7 Å². The van der Waals surface area contributed by atoms with Gasteiger partial charge in [-0.25, -0.2) is 4.98 Å². The zero-order valence-electron chi connectivity index (χ0n) is 19.1. The molecule has 1 aliphatic heterocycles. The van der Waals surface area contributed by atoms with E-state index in [9.17, 15) is 22.8 Å². The summed E-state index contributed by atoms with van der Waals surface area (Å²) in [7, 11) is 1.78. The lowest BCUT2D eigenvalue weighted by Gasteiger charge is -2.33. The van der Waals surface area contributed by atoms with Gasteiger partial charge in [0, 0.05) is 31.9 Å². The zero-order chi connectivity index (χ0) is 24.3. The highest BCUT2D eigenvalue weighted by atomic mass is 19.4. The third-order valence-electron chi connectivity index (χ3n) is 6.78. The molecule has 0 N–H and O–H groups in total. The van der Waals surface area contributed by atoms with Gasteiger partial charge in [-0.05, 0) is 56.7 Å². The molecule has 0 aromatic carbocycles. The summed E-state index contributed by atoms with van der Waals surface area (Å²) in [6.45, 7) is 0.782. The van der Waals surface area contributed by atoms with Crippen LogP contribution < -0.4 is 4.74 Å². The molecule has 4 rings (SSSR count). The van der Waals surface area contributed by atoms with Crippen molar-refractivity contribution < 1.29 is 27.5 Å². The molecule has 1 saturated heterocycles. The van der Waals surface area contributed by atoms with Gasteiger partial charge >= 0.3 is 6.18 Å². The summed E-state index contributed by atoms with van der Waals surface area (Å²) in [6, 6.07) is 4.96. The molecule has 34 heavy (non-hydrogen) atoms. The Morgan fingerprint density at radius 1 is 1.15 bits per heavy atom. The number of rotatable bonds is 7. The predicted molar refractivity (Wildman–Crippen MR) is 117 cm³/mol. The van der Waals surface area contributed by atoms with Crippen LogP contribution >= 0.6 is 0 Å². The topological polar surface area (TPSA) is 77.3 Å². The van der Waals surface area contributed by atoms with E-state index in [0.29, 0.717) is 18.0 Å². The Hall–Kier alpha value is -2.91. The number of aryl methyl sites for hydroxylation is 1. The highest BCUT2D eigenvalue weighted by Crippen LogP contribution is 2.40. The Bertz CT molecular complexity index is 1010. The van der Waals surface area contributed by atoms with Crippen molar-refractivity contribution in [3.8, 4) is 5.75 Å². The third-order valence-corrected chi connectivity index (χ3v) is 6.78. The van der Waals surface area contributed by atoms with Crippen LogP contribution in [0.2, 0.25) is 0 Å². The number of aromatic nitrogens is 3. The molecule has 0 radical (unpaired) electrons. The predicted octanol–water partition coefficient (Wildman–Crippen LogP) is 3.98. The molecule has 3 heterocycles. The van der Waals surface area contributed by atoms with Crippen molar-refractivity contribution in [2.24, 2.45) is 18.9 Å². The second-order valence-electron chi connectivity index (χ2n) is 9.16. The first-order valence-electron chi connectivity index (χ1n) is 11.7. The third kappa shape index (κ3) is 5.59. The normalized spacial score (nSPS) is 23.2. The lowest BCUT2D eigenvalue weighted by atomic mass is 9.81. The fourth-order valence-electron chi connectivity index (χ4n) is 4.91. The van der Waals surface area contributed by atoms with Crippen LogP contribution in [0.3, 0.4) is 0 Å². The minimum Gasteiger partial charge on any atom is -0.489 e. The molecule has 10 heteroatoms. The molecule has 2 aliphatic rings. The van der Waals surface area contributed by atoms with Crippen molar-refractivity contribution in [2.45, 2.75) is 57.2 Å². The molecule has 7 nitrogen and oxygen atoms in total. The number of hydrogen-bond acceptors (Lipinski definition) is 5. The molecule has 1 atom stereocenters. The van der Waals surface area contributed by atoms with E-state index in [1.807, 2.05) is 0 Å². The number of nitrogens with zero attached hydrogens (tertiary/aromatic N) is 4. The van der Waals surface area contributed by atoms with Crippen molar-refractivity contribution in [1.29, 1.82) is 0 Å². The Kier molecular flexibility index (Phi) is 7.23. The van der Waals surface area contributed by atoms with Crippen LogP contribution in [-0.2, 0) is 18.3 Å². The van der Waals surface area contributed by atoms with Gasteiger partial charge in [0.15, 0.2) is 5.78 Å². The van der Waals surface area contributed by atoms with E-state index in [-0.39, 0.29) is 68.1 Å². The van der Waals surface area contributed by atoms with Gasteiger partial charge in [-0.2, -0.15) is 18.3 Å². The van der Waals surface area contributed by atoms with Gasteiger partial charge in [-0.1, -0.05) is 0 Å². The smallest absolute Gasteiger partial charge is 0.391 e. The highest BCUT2D eigenvalue weighted by Gasteiger charge is 2.44. The summed E-state index contributed by atoms with van der Waals surface area (Å²) in [4.78, 5) is 31.8. The lowest BCUT2D eigenvalue weighted by Crippen LogP contribution is -2.44. The fraction of sp³-hybridized carbons (Fsp3) is 0.583. The summed E-state index contributed by atoms with van der Waals surface area (Å²) < 4.78 is 46.5. The number of amides is 1. The van der Waals surface area contributed by atoms with Gasteiger partial charge in [-0.3, -0.25) is 14.3 Å². The van der Waals surface area contributed by atoms with Crippen LogP contribution in [0, 0.1) is 11.8 Å². The molecular formula is C24H29F3N4O3. The summed E-state index contributed by atoms with van der Waals surface area (Å²) >= 11 is 0. The number of ether oxygens (including phenoxy) is 1. The average Bonchev–Trinajstić information content (AvgIpc) is 3.45. The second-order valence-corrected chi connectivity index (χ2v) is 9.16. The van der Waals surface area contributed by atoms with E-state index in [1.54, 1.807) is 41.0 Å². The van der Waals surface area contributed by atoms with E-state index >= 15 is 0 Å². The summed E-state index contributed by atoms with van der Waals surface area (Å²) in [5, 5.41) is 4.23. The van der Waals surface area contributed by atoms with Gasteiger partial charge in [-0.15, -0.1) is 0 Å². The number of ketones is 1. The number of Topliss-reactive ketones (excluding diaryl/α,β-unsaturated/α-hetero) is 1. The molecular weight excluding hydrogens is 449 g/mol. The molecule has 0 spiro atoms. The van der Waals surface area contributed by atoms with Gasteiger partial charge in [0.05, 0.1) is 24.1 Å². The monoisotopic (exact) mass is 478 g/mol. The first kappa shape index (κ1) is 24.2. The van der Waals surface area contributed by atoms with Gasteiger partial charge in [0.2, 0.25) is 5.91 Å². The van der Waals surface area contributed by atoms with Gasteiger partial charge in [0.1, 0.15) is 18.1 Å². The van der Waals surface area contributed by atoms with Crippen LogP contribution in [0.1, 0.15) is 54.7 Å². The maximum atomic E-state index is 13.1. The first-order chi connectivity index (χ1) is 16.2. The number of carbonyl (C=O) groups excluding carboxylic acids is 2. The van der Waals surface area contributed by atoms with E-state index in [4.69, 9.17) is 4.74 Å². The van der Waals surface area contributed by atoms with E-state index in [2.05, 4.69) is 10.1 Å². The van der Waals surface area contributed by atoms with E-state index in [0.717, 1.165) is 12.8 Å². The van der Waals surface area contributed by atoms with E-state index < -0.39 is 12.1 Å². The highest BCUT2D eigenvalue weighted by molar-refractivity contribution is 5.97. The SMILES string of the molecule is Cn1ccc(CC(=O)c2ncccc2OC[C@@H]2CCCN2C(=O)C2CCC(C(F)(F)F)CC2)n1. The Morgan fingerprint density at radius 2 is 1.91 bits per heavy atom. The Morgan fingerprint density at radius 3 is 2.59 bits per heavy atom. The van der Waals surface area contributed by atoms with Crippen LogP contribution in [0.4, 0.5) is 13.2 Å². The number of likely N-dealkylation sites (tertiary alicyclic amines) is 1. The van der Waals surface area contributed by atoms with Gasteiger partial charge < -0.3 is 9.64 Å². The Labute approximate surface area is 196 Å². The minimum absolute atomic E-state index is 0.00629. The lowest BCUT2D eigenvalue weighted by molar-refractivity contribution is -0.185. The molecule has 1 saturated carbocycles. The van der Waals surface area contributed by atoms with Crippen molar-refractivity contribution in [3.63, 3.8) is 0 Å². The molecule has 184 valence electrons. The summed E-state index contributed by atoms with van der Waals surface area (Å²) in [5.41, 5.74) is 0.853. The number of carbonyl (C=O) groups is 2. The summed E-state index contributed by atoms with van der Waals surface area (Å²) in [6.07, 6.45) is 1.32. The number of hydrogen-bond donors (Lipinski definition) is 0. The molecule has 2 aromatic rings. The second kappa shape index (κ2) is 10.1. The van der Waals surface area contributed by atoms with Crippen LogP contribution in [0.5, 0.6) is 5.75 Å². The molecule has 1 aliphatic carbocycles. The first-order valence-corrected chi connectivity index (χ1v) is 11.7. The molecule has 0 unspecified atom stereocenters. The standard InChI is InChI=1S/C24H29F3N4O3/c1-30-13-10-18(29-30)14-20(32)22-21(5-2-11-28-22)34-15-19-4-3-12-31(19)23(33)16-6-8-17(9-7-16)24(25,26)27/h2,5,10-11,13,16-17,19H,3-4,6-9,12,14-15H2,1H3/t16?,17?,19-/m0/s1. The molecule has 1 amide bonds. The van der Waals surface area contributed by atoms with Crippen molar-refractivity contribution >= 4 is 11.7 Å². The molecule has 2 fully saturated rings. The van der Waals surface area contributed by atoms with Crippen molar-refractivity contribution in [3.05, 3.63) is 42.0 Å². The number of halogens is 3. The van der Waals surface area contributed by atoms with E-state index in [1.165, 1.54) is 6.20 Å². The van der Waals surface area contributed by atoms with Crippen molar-refractivity contribution in [2.75, 3.05) is 13.2 Å². The molecule has 2 aromatic heterocycles. The Balaban J connectivity index is 1.35. The average molecular weight is 479 g/mol. The maximum absolute atomic E-state index is 13.1. The van der Waals surface area contributed by atoms with Gasteiger partial charge in [0.25, 0.3) is 0 Å². The van der Waals surface area contributed by atoms with Crippen LogP contribution in [0.25, 0.3) is 0 Å².